The molecule has 0 bridgehead atoms. The minimum Gasteiger partial charge on any atom is -0.486 e. The Hall–Kier alpha value is -2.87. The van der Waals surface area contributed by atoms with Crippen LogP contribution in [0.4, 0.5) is 5.69 Å². The van der Waals surface area contributed by atoms with Crippen LogP contribution in [0, 0.1) is 0 Å². The quantitative estimate of drug-likeness (QED) is 0.724. The summed E-state index contributed by atoms with van der Waals surface area (Å²) < 4.78 is 21.1. The maximum Gasteiger partial charge on any atom is 0.355 e. The van der Waals surface area contributed by atoms with Gasteiger partial charge in [0.2, 0.25) is 0 Å². The Morgan fingerprint density at radius 1 is 1.21 bits per heavy atom. The number of anilines is 1. The molecule has 1 unspecified atom stereocenters. The van der Waals surface area contributed by atoms with Crippen molar-refractivity contribution in [1.29, 1.82) is 0 Å². The van der Waals surface area contributed by atoms with E-state index >= 15 is 0 Å². The van der Waals surface area contributed by atoms with Gasteiger partial charge in [0.05, 0.1) is 38.4 Å². The van der Waals surface area contributed by atoms with Crippen LogP contribution in [0.5, 0.6) is 5.75 Å². The Labute approximate surface area is 163 Å². The van der Waals surface area contributed by atoms with Gasteiger partial charge >= 0.3 is 11.9 Å². The molecule has 8 heteroatoms. The minimum atomic E-state index is -0.692. The first kappa shape index (κ1) is 19.9. The van der Waals surface area contributed by atoms with Crippen LogP contribution in [0.15, 0.2) is 29.5 Å². The van der Waals surface area contributed by atoms with Crippen LogP contribution in [0.2, 0.25) is 0 Å². The molecule has 0 saturated heterocycles. The molecule has 8 nitrogen and oxygen atoms in total. The summed E-state index contributed by atoms with van der Waals surface area (Å²) in [5.74, 6) is -0.912. The number of ketones is 1. The number of carbonyl (C=O) groups excluding carboxylic acids is 3. The van der Waals surface area contributed by atoms with E-state index in [4.69, 9.17) is 18.9 Å². The summed E-state index contributed by atoms with van der Waals surface area (Å²) >= 11 is 0. The summed E-state index contributed by atoms with van der Waals surface area (Å²) in [6.07, 6.45) is 0.973. The van der Waals surface area contributed by atoms with E-state index in [1.54, 1.807) is 18.2 Å². The van der Waals surface area contributed by atoms with Gasteiger partial charge in [-0.15, -0.1) is 0 Å². The van der Waals surface area contributed by atoms with Gasteiger partial charge in [-0.3, -0.25) is 4.79 Å². The van der Waals surface area contributed by atoms with Gasteiger partial charge < -0.3 is 23.8 Å². The van der Waals surface area contributed by atoms with Gasteiger partial charge in [-0.25, -0.2) is 9.59 Å². The molecule has 2 heterocycles. The molecule has 2 aliphatic heterocycles. The van der Waals surface area contributed by atoms with Gasteiger partial charge in [0, 0.05) is 5.69 Å². The highest BCUT2D eigenvalue weighted by atomic mass is 16.5. The number of methoxy groups -OCH3 is 2. The molecule has 0 saturated carbocycles. The zero-order chi connectivity index (χ0) is 20.5. The molecule has 2 aliphatic rings. The Morgan fingerprint density at radius 2 is 1.93 bits per heavy atom. The maximum absolute atomic E-state index is 12.7. The zero-order valence-corrected chi connectivity index (χ0v) is 16.4. The van der Waals surface area contributed by atoms with Crippen molar-refractivity contribution in [3.05, 3.63) is 35.0 Å². The molecule has 1 aromatic carbocycles. The topological polar surface area (TPSA) is 91.4 Å². The van der Waals surface area contributed by atoms with Crippen molar-refractivity contribution >= 4 is 23.4 Å². The Morgan fingerprint density at radius 3 is 2.57 bits per heavy atom. The van der Waals surface area contributed by atoms with Crippen LogP contribution in [0.25, 0.3) is 0 Å². The first-order valence-electron chi connectivity index (χ1n) is 8.95. The van der Waals surface area contributed by atoms with Crippen LogP contribution in [-0.4, -0.2) is 50.9 Å². The number of carbonyl (C=O) groups is 3. The van der Waals surface area contributed by atoms with E-state index in [1.807, 2.05) is 13.8 Å². The minimum absolute atomic E-state index is 0.0193. The summed E-state index contributed by atoms with van der Waals surface area (Å²) in [5.41, 5.74) is 0.493. The summed E-state index contributed by atoms with van der Waals surface area (Å²) in [7, 11) is 2.45. The van der Waals surface area contributed by atoms with Crippen LogP contribution in [-0.2, 0) is 23.8 Å². The molecule has 0 amide bonds. The zero-order valence-electron chi connectivity index (χ0n) is 16.4. The first-order valence-corrected chi connectivity index (χ1v) is 8.95. The molecular weight excluding hydrogens is 366 g/mol. The second kappa shape index (κ2) is 7.63. The lowest BCUT2D eigenvalue weighted by Crippen LogP contribution is -2.40. The highest BCUT2D eigenvalue weighted by Gasteiger charge is 2.37. The predicted octanol–water partition coefficient (Wildman–Crippen LogP) is 2.21. The van der Waals surface area contributed by atoms with E-state index in [2.05, 4.69) is 0 Å². The van der Waals surface area contributed by atoms with Crippen LogP contribution >= 0.6 is 0 Å². The molecule has 0 fully saturated rings. The van der Waals surface area contributed by atoms with E-state index < -0.39 is 17.5 Å². The summed E-state index contributed by atoms with van der Waals surface area (Å²) in [6, 6.07) is 5.04. The molecule has 0 aromatic heterocycles. The third-order valence-corrected chi connectivity index (χ3v) is 5.05. The van der Waals surface area contributed by atoms with Gasteiger partial charge in [0.15, 0.2) is 5.78 Å². The molecule has 0 aliphatic carbocycles. The lowest BCUT2D eigenvalue weighted by Gasteiger charge is -2.35. The first-order chi connectivity index (χ1) is 13.3. The highest BCUT2D eigenvalue weighted by molar-refractivity contribution is 6.04. The number of esters is 2. The molecule has 150 valence electrons. The fraction of sp³-hybridized carbons (Fsp3) is 0.450. The predicted molar refractivity (Wildman–Crippen MR) is 99.1 cm³/mol. The largest absolute Gasteiger partial charge is 0.486 e. The number of ether oxygens (including phenoxy) is 4. The summed E-state index contributed by atoms with van der Waals surface area (Å²) in [6.45, 7) is 3.82. The number of nitrogens with zero attached hydrogens (tertiary/aromatic N) is 1. The summed E-state index contributed by atoms with van der Waals surface area (Å²) in [4.78, 5) is 38.6. The lowest BCUT2D eigenvalue weighted by atomic mass is 9.89. The van der Waals surface area contributed by atoms with Crippen molar-refractivity contribution < 1.29 is 33.3 Å². The van der Waals surface area contributed by atoms with Crippen LogP contribution in [0.1, 0.15) is 37.0 Å². The highest BCUT2D eigenvalue weighted by Crippen LogP contribution is 2.38. The summed E-state index contributed by atoms with van der Waals surface area (Å²) in [5, 5.41) is 0. The van der Waals surface area contributed by atoms with Crippen molar-refractivity contribution in [3.8, 4) is 5.75 Å². The smallest absolute Gasteiger partial charge is 0.355 e. The van der Waals surface area contributed by atoms with Crippen molar-refractivity contribution in [3.63, 3.8) is 0 Å². The van der Waals surface area contributed by atoms with Crippen LogP contribution < -0.4 is 9.64 Å². The standard InChI is InChI=1S/C20H23NO7/c1-5-20(2)9-15(22)13-8-12(6-7-16(13)28-20)21-11-27-10-14(18(23)25-3)17(21)19(24)26-4/h6-8H,5,9-11H2,1-4H3. The molecule has 1 aromatic rings. The monoisotopic (exact) mass is 389 g/mol. The Bertz CT molecular complexity index is 860. The second-order valence-corrected chi connectivity index (χ2v) is 6.90. The lowest BCUT2D eigenvalue weighted by molar-refractivity contribution is -0.140. The number of Topliss-reactive ketones (excluding diaryl/α,β-unsaturated/α-hetero) is 1. The van der Waals surface area contributed by atoms with Crippen molar-refractivity contribution in [1.82, 2.24) is 0 Å². The normalized spacial score (nSPS) is 21.7. The van der Waals surface area contributed by atoms with Crippen molar-refractivity contribution in [2.24, 2.45) is 0 Å². The van der Waals surface area contributed by atoms with Gasteiger partial charge in [0.25, 0.3) is 0 Å². The van der Waals surface area contributed by atoms with E-state index in [1.165, 1.54) is 19.1 Å². The third kappa shape index (κ3) is 3.47. The molecule has 3 rings (SSSR count). The number of rotatable bonds is 4. The average Bonchev–Trinajstić information content (AvgIpc) is 2.71. The third-order valence-electron chi connectivity index (χ3n) is 5.05. The van der Waals surface area contributed by atoms with Gasteiger partial charge in [-0.1, -0.05) is 6.92 Å². The Kier molecular flexibility index (Phi) is 5.42. The van der Waals surface area contributed by atoms with Crippen molar-refractivity contribution in [2.45, 2.75) is 32.3 Å². The molecule has 0 spiro atoms. The van der Waals surface area contributed by atoms with Gasteiger partial charge in [-0.2, -0.15) is 0 Å². The number of fused-ring (bicyclic) bond motifs is 1. The number of benzene rings is 1. The molecule has 28 heavy (non-hydrogen) atoms. The molecule has 0 radical (unpaired) electrons. The number of hydrogen-bond acceptors (Lipinski definition) is 8. The SMILES string of the molecule is CCC1(C)CC(=O)c2cc(N3COCC(C(=O)OC)=C3C(=O)OC)ccc2O1. The van der Waals surface area contributed by atoms with E-state index in [-0.39, 0.29) is 36.8 Å². The van der Waals surface area contributed by atoms with E-state index in [0.717, 1.165) is 0 Å². The number of hydrogen-bond donors (Lipinski definition) is 0. The molecular formula is C20H23NO7. The molecule has 0 N–H and O–H groups in total. The fourth-order valence-corrected chi connectivity index (χ4v) is 3.27. The van der Waals surface area contributed by atoms with Crippen molar-refractivity contribution in [2.75, 3.05) is 32.5 Å². The molecule has 1 atom stereocenters. The Balaban J connectivity index is 2.05. The van der Waals surface area contributed by atoms with Gasteiger partial charge in [-0.05, 0) is 31.5 Å². The average molecular weight is 389 g/mol. The second-order valence-electron chi connectivity index (χ2n) is 6.90. The van der Waals surface area contributed by atoms with Gasteiger partial charge in [0.1, 0.15) is 23.8 Å². The van der Waals surface area contributed by atoms with E-state index in [0.29, 0.717) is 23.4 Å². The van der Waals surface area contributed by atoms with Crippen LogP contribution in [0.3, 0.4) is 0 Å². The fourth-order valence-electron chi connectivity index (χ4n) is 3.27. The van der Waals surface area contributed by atoms with E-state index in [9.17, 15) is 14.4 Å². The maximum atomic E-state index is 12.7.